The molecule has 5 heteroatoms. The summed E-state index contributed by atoms with van der Waals surface area (Å²) < 4.78 is 12.9. The van der Waals surface area contributed by atoms with Crippen LogP contribution < -0.4 is 5.32 Å². The normalized spacial score (nSPS) is 11.1. The van der Waals surface area contributed by atoms with Gasteiger partial charge in [0.15, 0.2) is 0 Å². The van der Waals surface area contributed by atoms with Crippen LogP contribution in [0.25, 0.3) is 0 Å². The predicted molar refractivity (Wildman–Crippen MR) is 100 cm³/mol. The Morgan fingerprint density at radius 1 is 1.00 bits per heavy atom. The summed E-state index contributed by atoms with van der Waals surface area (Å²) in [6.07, 6.45) is 0. The SMILES string of the molecule is CN(Cc1ccc(F)cc1)C(=O)CNC(=O)c1ccc(C(C)(C)C)cc1. The minimum Gasteiger partial charge on any atom is -0.343 e. The summed E-state index contributed by atoms with van der Waals surface area (Å²) in [5, 5.41) is 2.64. The Hall–Kier alpha value is -2.69. The van der Waals surface area contributed by atoms with Gasteiger partial charge in [-0.1, -0.05) is 45.0 Å². The van der Waals surface area contributed by atoms with E-state index in [1.807, 2.05) is 12.1 Å². The van der Waals surface area contributed by atoms with E-state index in [9.17, 15) is 14.0 Å². The molecule has 0 aromatic heterocycles. The number of nitrogens with one attached hydrogen (secondary N) is 1. The topological polar surface area (TPSA) is 49.4 Å². The van der Waals surface area contributed by atoms with Crippen LogP contribution in [-0.2, 0) is 16.8 Å². The van der Waals surface area contributed by atoms with Crippen molar-refractivity contribution in [3.63, 3.8) is 0 Å². The molecule has 0 saturated heterocycles. The number of carbonyl (C=O) groups is 2. The van der Waals surface area contributed by atoms with E-state index in [-0.39, 0.29) is 29.6 Å². The summed E-state index contributed by atoms with van der Waals surface area (Å²) in [7, 11) is 1.65. The first-order valence-corrected chi connectivity index (χ1v) is 8.54. The van der Waals surface area contributed by atoms with E-state index in [0.717, 1.165) is 11.1 Å². The number of hydrogen-bond acceptors (Lipinski definition) is 2. The zero-order valence-corrected chi connectivity index (χ0v) is 15.7. The Balaban J connectivity index is 1.87. The molecule has 0 unspecified atom stereocenters. The average Bonchev–Trinajstić information content (AvgIpc) is 2.60. The lowest BCUT2D eigenvalue weighted by molar-refractivity contribution is -0.129. The standard InChI is InChI=1S/C21H25FN2O2/c1-21(2,3)17-9-7-16(8-10-17)20(26)23-13-19(25)24(4)14-15-5-11-18(22)12-6-15/h5-12H,13-14H2,1-4H3,(H,23,26). The summed E-state index contributed by atoms with van der Waals surface area (Å²) in [6.45, 7) is 6.60. The molecule has 0 aliphatic rings. The molecule has 0 radical (unpaired) electrons. The monoisotopic (exact) mass is 356 g/mol. The number of likely N-dealkylation sites (N-methyl/N-ethyl adjacent to an activating group) is 1. The summed E-state index contributed by atoms with van der Waals surface area (Å²) >= 11 is 0. The fourth-order valence-electron chi connectivity index (χ4n) is 2.47. The average molecular weight is 356 g/mol. The van der Waals surface area contributed by atoms with Crippen LogP contribution >= 0.6 is 0 Å². The van der Waals surface area contributed by atoms with Gasteiger partial charge in [0.1, 0.15) is 5.82 Å². The molecule has 138 valence electrons. The zero-order chi connectivity index (χ0) is 19.3. The zero-order valence-electron chi connectivity index (χ0n) is 15.7. The first-order chi connectivity index (χ1) is 12.2. The smallest absolute Gasteiger partial charge is 0.251 e. The van der Waals surface area contributed by atoms with E-state index in [0.29, 0.717) is 12.1 Å². The minimum atomic E-state index is -0.313. The van der Waals surface area contributed by atoms with E-state index in [1.54, 1.807) is 31.3 Å². The van der Waals surface area contributed by atoms with Gasteiger partial charge in [-0.3, -0.25) is 9.59 Å². The summed E-state index contributed by atoms with van der Waals surface area (Å²) in [5.41, 5.74) is 2.51. The third-order valence-corrected chi connectivity index (χ3v) is 4.17. The minimum absolute atomic E-state index is 0.0219. The van der Waals surface area contributed by atoms with Crippen molar-refractivity contribution < 1.29 is 14.0 Å². The highest BCUT2D eigenvalue weighted by molar-refractivity contribution is 5.96. The highest BCUT2D eigenvalue weighted by Crippen LogP contribution is 2.22. The fraction of sp³-hybridized carbons (Fsp3) is 0.333. The molecule has 0 aliphatic heterocycles. The first kappa shape index (κ1) is 19.6. The van der Waals surface area contributed by atoms with Crippen molar-refractivity contribution in [2.24, 2.45) is 0 Å². The summed E-state index contributed by atoms with van der Waals surface area (Å²) in [6, 6.07) is 13.4. The Labute approximate surface area is 154 Å². The number of carbonyl (C=O) groups excluding carboxylic acids is 2. The lowest BCUT2D eigenvalue weighted by Gasteiger charge is -2.19. The summed E-state index contributed by atoms with van der Waals surface area (Å²) in [5.74, 6) is -0.810. The number of rotatable bonds is 5. The van der Waals surface area contributed by atoms with Gasteiger partial charge in [0, 0.05) is 19.2 Å². The maximum atomic E-state index is 12.9. The van der Waals surface area contributed by atoms with Gasteiger partial charge in [0.25, 0.3) is 5.91 Å². The highest BCUT2D eigenvalue weighted by atomic mass is 19.1. The van der Waals surface area contributed by atoms with E-state index in [4.69, 9.17) is 0 Å². The van der Waals surface area contributed by atoms with Crippen LogP contribution in [0.2, 0.25) is 0 Å². The molecule has 0 spiro atoms. The van der Waals surface area contributed by atoms with Crippen LogP contribution in [0.5, 0.6) is 0 Å². The Bertz CT molecular complexity index is 762. The van der Waals surface area contributed by atoms with E-state index in [2.05, 4.69) is 26.1 Å². The van der Waals surface area contributed by atoms with Crippen molar-refractivity contribution in [1.29, 1.82) is 0 Å². The molecule has 26 heavy (non-hydrogen) atoms. The van der Waals surface area contributed by atoms with E-state index >= 15 is 0 Å². The molecule has 0 fully saturated rings. The third-order valence-electron chi connectivity index (χ3n) is 4.17. The van der Waals surface area contributed by atoms with Crippen molar-refractivity contribution in [3.8, 4) is 0 Å². The molecule has 0 saturated carbocycles. The van der Waals surface area contributed by atoms with Crippen molar-refractivity contribution in [2.75, 3.05) is 13.6 Å². The molecule has 0 heterocycles. The second-order valence-corrected chi connectivity index (χ2v) is 7.39. The van der Waals surface area contributed by atoms with Crippen LogP contribution in [0.15, 0.2) is 48.5 Å². The van der Waals surface area contributed by atoms with Crippen LogP contribution in [0.1, 0.15) is 42.3 Å². The molecule has 2 aromatic carbocycles. The highest BCUT2D eigenvalue weighted by Gasteiger charge is 2.15. The molecular formula is C21H25FN2O2. The molecule has 0 atom stereocenters. The van der Waals surface area contributed by atoms with Crippen molar-refractivity contribution in [1.82, 2.24) is 10.2 Å². The predicted octanol–water partition coefficient (Wildman–Crippen LogP) is 3.51. The molecule has 2 amide bonds. The second-order valence-electron chi connectivity index (χ2n) is 7.39. The molecule has 0 aliphatic carbocycles. The van der Waals surface area contributed by atoms with Gasteiger partial charge in [-0.25, -0.2) is 4.39 Å². The van der Waals surface area contributed by atoms with Gasteiger partial charge in [-0.05, 0) is 40.8 Å². The fourth-order valence-corrected chi connectivity index (χ4v) is 2.47. The first-order valence-electron chi connectivity index (χ1n) is 8.54. The Morgan fingerprint density at radius 3 is 2.12 bits per heavy atom. The van der Waals surface area contributed by atoms with Gasteiger partial charge >= 0.3 is 0 Å². The number of benzene rings is 2. The molecular weight excluding hydrogens is 331 g/mol. The van der Waals surface area contributed by atoms with Gasteiger partial charge in [0.2, 0.25) is 5.91 Å². The maximum absolute atomic E-state index is 12.9. The Kier molecular flexibility index (Phi) is 6.14. The Morgan fingerprint density at radius 2 is 1.58 bits per heavy atom. The molecule has 0 bridgehead atoms. The van der Waals surface area contributed by atoms with Crippen LogP contribution in [0.4, 0.5) is 4.39 Å². The molecule has 4 nitrogen and oxygen atoms in total. The lowest BCUT2D eigenvalue weighted by atomic mass is 9.87. The van der Waals surface area contributed by atoms with Crippen molar-refractivity contribution in [2.45, 2.75) is 32.7 Å². The van der Waals surface area contributed by atoms with E-state index in [1.165, 1.54) is 17.0 Å². The van der Waals surface area contributed by atoms with Gasteiger partial charge in [0.05, 0.1) is 6.54 Å². The number of amides is 2. The van der Waals surface area contributed by atoms with Crippen molar-refractivity contribution >= 4 is 11.8 Å². The molecule has 2 aromatic rings. The largest absolute Gasteiger partial charge is 0.343 e. The van der Waals surface area contributed by atoms with Crippen molar-refractivity contribution in [3.05, 3.63) is 71.0 Å². The molecule has 2 rings (SSSR count). The van der Waals surface area contributed by atoms with E-state index < -0.39 is 0 Å². The summed E-state index contributed by atoms with van der Waals surface area (Å²) in [4.78, 5) is 25.9. The van der Waals surface area contributed by atoms with Gasteiger partial charge in [-0.2, -0.15) is 0 Å². The number of hydrogen-bond donors (Lipinski definition) is 1. The van der Waals surface area contributed by atoms with Crippen LogP contribution in [0, 0.1) is 5.82 Å². The second kappa shape index (κ2) is 8.13. The van der Waals surface area contributed by atoms with Gasteiger partial charge < -0.3 is 10.2 Å². The van der Waals surface area contributed by atoms with Gasteiger partial charge in [-0.15, -0.1) is 0 Å². The maximum Gasteiger partial charge on any atom is 0.251 e. The lowest BCUT2D eigenvalue weighted by Crippen LogP contribution is -2.37. The number of nitrogens with zero attached hydrogens (tertiary/aromatic N) is 1. The quantitative estimate of drug-likeness (QED) is 0.891. The number of halogens is 1. The molecule has 1 N–H and O–H groups in total. The third kappa shape index (κ3) is 5.41. The van der Waals surface area contributed by atoms with Crippen LogP contribution in [-0.4, -0.2) is 30.3 Å². The van der Waals surface area contributed by atoms with Crippen LogP contribution in [0.3, 0.4) is 0 Å².